The van der Waals surface area contributed by atoms with Crippen molar-refractivity contribution < 1.29 is 47.2 Å². The van der Waals surface area contributed by atoms with Gasteiger partial charge in [0.2, 0.25) is 5.78 Å². The van der Waals surface area contributed by atoms with Crippen LogP contribution in [0.4, 0.5) is 13.2 Å². The minimum absolute atomic E-state index is 0.00147. The molecule has 9 rings (SSSR count). The summed E-state index contributed by atoms with van der Waals surface area (Å²) in [4.78, 5) is 17.3. The summed E-state index contributed by atoms with van der Waals surface area (Å²) in [5.74, 6) is -0.405. The summed E-state index contributed by atoms with van der Waals surface area (Å²) in [5, 5.41) is 35.5. The van der Waals surface area contributed by atoms with Crippen molar-refractivity contribution in [3.05, 3.63) is 106 Å². The fourth-order valence-corrected chi connectivity index (χ4v) is 12.7. The zero-order chi connectivity index (χ0) is 42.7. The number of allylic oxidation sites excluding steroid dienone is 4. The average Bonchev–Trinajstić information content (AvgIpc) is 3.80. The van der Waals surface area contributed by atoms with Gasteiger partial charge in [-0.2, -0.15) is 13.2 Å². The Kier molecular flexibility index (Phi) is 11.6. The Morgan fingerprint density at radius 2 is 1.73 bits per heavy atom. The summed E-state index contributed by atoms with van der Waals surface area (Å²) in [7, 11) is 1.66. The molecular formula is C48H57ClF3NO7. The number of ether oxygens (including phenoxy) is 2. The molecule has 3 fully saturated rings. The summed E-state index contributed by atoms with van der Waals surface area (Å²) >= 11 is 6.40. The van der Waals surface area contributed by atoms with Gasteiger partial charge in [-0.25, -0.2) is 0 Å². The van der Waals surface area contributed by atoms with Crippen molar-refractivity contribution in [1.82, 2.24) is 4.90 Å². The fourth-order valence-electron chi connectivity index (χ4n) is 12.5. The van der Waals surface area contributed by atoms with E-state index in [9.17, 15) is 28.5 Å². The van der Waals surface area contributed by atoms with Crippen molar-refractivity contribution in [3.63, 3.8) is 0 Å². The molecule has 0 aliphatic heterocycles. The summed E-state index contributed by atoms with van der Waals surface area (Å²) in [5.41, 5.74) is -2.67. The van der Waals surface area contributed by atoms with Gasteiger partial charge in [0.15, 0.2) is 5.76 Å². The number of hydrogen-bond acceptors (Lipinski definition) is 8. The predicted molar refractivity (Wildman–Crippen MR) is 222 cm³/mol. The number of carbonyl (C=O) groups is 1. The second-order valence-electron chi connectivity index (χ2n) is 18.7. The Morgan fingerprint density at radius 3 is 2.48 bits per heavy atom. The number of Topliss-reactive ketones (excluding diaryl/α,β-unsaturated/α-hetero) is 1. The standard InChI is InChI=1S/C48H57ClF3NO7/c1-43-17-14-33(54)25-45(43)20-21-47(36(26-45)42(56)39-13-12-38(60-39)35-24-32(48(50,51)52)10-11-37(35)49)40(43)15-18-44(2)41(47)16-19-46(44,57)30-53(22-7-23-58-3)27-34(55)29-59-28-31-8-5-4-6-9-31/h4-6,8-13,20-21,24,26,33-34,40-41,54-55,57H,7,14-19,22-23,25,27-30H2,1-3H3. The van der Waals surface area contributed by atoms with E-state index in [0.717, 1.165) is 37.0 Å². The number of rotatable bonds is 15. The molecule has 6 aliphatic carbocycles. The summed E-state index contributed by atoms with van der Waals surface area (Å²) in [6, 6.07) is 15.8. The van der Waals surface area contributed by atoms with E-state index in [0.29, 0.717) is 70.5 Å². The molecule has 2 aromatic carbocycles. The van der Waals surface area contributed by atoms with Crippen molar-refractivity contribution in [2.24, 2.45) is 33.5 Å². The lowest BCUT2D eigenvalue weighted by Gasteiger charge is -2.71. The maximum absolute atomic E-state index is 15.1. The Bertz CT molecular complexity index is 2120. The average molecular weight is 852 g/mol. The third kappa shape index (κ3) is 7.23. The Morgan fingerprint density at radius 1 is 1.00 bits per heavy atom. The van der Waals surface area contributed by atoms with Crippen LogP contribution in [0.1, 0.15) is 86.9 Å². The molecule has 9 atom stereocenters. The van der Waals surface area contributed by atoms with Gasteiger partial charge in [0.05, 0.1) is 41.6 Å². The van der Waals surface area contributed by atoms with Crippen LogP contribution in [0.2, 0.25) is 5.02 Å². The van der Waals surface area contributed by atoms with E-state index in [4.69, 9.17) is 25.5 Å². The SMILES string of the molecule is COCCCN(CC(O)COCc1ccccc1)CC1(O)CCC2C34C=CC5(C=C3C(=O)c3ccc(-c6cc(C(F)(F)F)ccc6Cl)o3)CC(O)CCC5(C)C4CCC21C. The zero-order valence-electron chi connectivity index (χ0n) is 34.6. The first-order valence-electron chi connectivity index (χ1n) is 21.4. The molecule has 2 spiro atoms. The van der Waals surface area contributed by atoms with Crippen LogP contribution < -0.4 is 0 Å². The highest BCUT2D eigenvalue weighted by molar-refractivity contribution is 6.33. The number of aliphatic hydroxyl groups is 3. The van der Waals surface area contributed by atoms with Crippen LogP contribution in [0.5, 0.6) is 0 Å². The van der Waals surface area contributed by atoms with Gasteiger partial charge in [-0.3, -0.25) is 9.69 Å². The normalized spacial score (nSPS) is 33.6. The molecule has 0 saturated heterocycles. The molecule has 3 N–H and O–H groups in total. The van der Waals surface area contributed by atoms with E-state index >= 15 is 4.79 Å². The van der Waals surface area contributed by atoms with Crippen LogP contribution in [-0.2, 0) is 22.3 Å². The fraction of sp³-hybridized carbons (Fsp3) is 0.562. The van der Waals surface area contributed by atoms with E-state index in [1.807, 2.05) is 30.3 Å². The molecule has 60 heavy (non-hydrogen) atoms. The first-order chi connectivity index (χ1) is 28.5. The Labute approximate surface area is 355 Å². The van der Waals surface area contributed by atoms with E-state index in [2.05, 4.69) is 37.0 Å². The van der Waals surface area contributed by atoms with Crippen LogP contribution in [0.3, 0.4) is 0 Å². The molecular weight excluding hydrogens is 795 g/mol. The molecule has 1 aromatic heterocycles. The molecule has 12 heteroatoms. The largest absolute Gasteiger partial charge is 0.453 e. The second-order valence-corrected chi connectivity index (χ2v) is 19.1. The highest BCUT2D eigenvalue weighted by Gasteiger charge is 2.74. The van der Waals surface area contributed by atoms with Crippen LogP contribution >= 0.6 is 11.6 Å². The molecule has 2 bridgehead atoms. The molecule has 324 valence electrons. The highest BCUT2D eigenvalue weighted by Crippen LogP contribution is 2.78. The molecule has 1 heterocycles. The molecule has 3 aromatic rings. The minimum atomic E-state index is -4.59. The molecule has 6 aliphatic rings. The van der Waals surface area contributed by atoms with E-state index in [-0.39, 0.29) is 51.7 Å². The van der Waals surface area contributed by atoms with Gasteiger partial charge in [0, 0.05) is 60.7 Å². The third-order valence-corrected chi connectivity index (χ3v) is 15.9. The topological polar surface area (TPSA) is 113 Å². The third-order valence-electron chi connectivity index (χ3n) is 15.5. The lowest BCUT2D eigenvalue weighted by Crippen LogP contribution is -2.67. The van der Waals surface area contributed by atoms with Gasteiger partial charge < -0.3 is 29.2 Å². The summed E-state index contributed by atoms with van der Waals surface area (Å²) < 4.78 is 58.6. The van der Waals surface area contributed by atoms with Crippen LogP contribution in [0.15, 0.2) is 88.9 Å². The lowest BCUT2D eigenvalue weighted by molar-refractivity contribution is -0.177. The van der Waals surface area contributed by atoms with E-state index in [1.165, 1.54) is 18.2 Å². The van der Waals surface area contributed by atoms with Crippen molar-refractivity contribution in [1.29, 1.82) is 0 Å². The maximum atomic E-state index is 15.1. The van der Waals surface area contributed by atoms with Crippen LogP contribution in [-0.4, -0.2) is 83.8 Å². The number of carbonyl (C=O) groups excluding carboxylic acids is 1. The van der Waals surface area contributed by atoms with Gasteiger partial charge in [-0.1, -0.05) is 74.0 Å². The Hall–Kier alpha value is -3.29. The number of methoxy groups -OCH3 is 1. The molecule has 0 amide bonds. The number of alkyl halides is 3. The second kappa shape index (κ2) is 16.1. The summed E-state index contributed by atoms with van der Waals surface area (Å²) in [6.07, 6.45) is 5.89. The van der Waals surface area contributed by atoms with Gasteiger partial charge in [0.1, 0.15) is 5.76 Å². The number of furan rings is 1. The predicted octanol–water partition coefficient (Wildman–Crippen LogP) is 9.31. The van der Waals surface area contributed by atoms with Gasteiger partial charge in [-0.05, 0) is 105 Å². The number of benzene rings is 2. The monoisotopic (exact) mass is 851 g/mol. The smallest absolute Gasteiger partial charge is 0.416 e. The highest BCUT2D eigenvalue weighted by atomic mass is 35.5. The summed E-state index contributed by atoms with van der Waals surface area (Å²) in [6.45, 7) is 6.76. The van der Waals surface area contributed by atoms with Crippen molar-refractivity contribution in [3.8, 4) is 11.3 Å². The first-order valence-corrected chi connectivity index (χ1v) is 21.7. The Balaban J connectivity index is 1.11. The molecule has 3 saturated carbocycles. The number of fused-ring (bicyclic) bond motifs is 1. The van der Waals surface area contributed by atoms with Crippen LogP contribution in [0, 0.1) is 33.5 Å². The van der Waals surface area contributed by atoms with Crippen molar-refractivity contribution in [2.75, 3.05) is 40.0 Å². The van der Waals surface area contributed by atoms with Gasteiger partial charge in [-0.15, -0.1) is 0 Å². The molecule has 8 nitrogen and oxygen atoms in total. The number of nitrogens with zero attached hydrogens (tertiary/aromatic N) is 1. The number of halogens is 4. The van der Waals surface area contributed by atoms with Gasteiger partial charge in [0.25, 0.3) is 0 Å². The van der Waals surface area contributed by atoms with E-state index in [1.54, 1.807) is 7.11 Å². The lowest BCUT2D eigenvalue weighted by atomic mass is 9.32. The molecule has 0 radical (unpaired) electrons. The molecule has 9 unspecified atom stereocenters. The number of aliphatic hydroxyl groups excluding tert-OH is 2. The van der Waals surface area contributed by atoms with Gasteiger partial charge >= 0.3 is 6.18 Å². The minimum Gasteiger partial charge on any atom is -0.453 e. The number of ketones is 1. The number of hydrogen-bond donors (Lipinski definition) is 3. The zero-order valence-corrected chi connectivity index (χ0v) is 35.4. The van der Waals surface area contributed by atoms with Crippen molar-refractivity contribution >= 4 is 17.4 Å². The van der Waals surface area contributed by atoms with Crippen LogP contribution in [0.25, 0.3) is 11.3 Å². The van der Waals surface area contributed by atoms with Crippen molar-refractivity contribution in [2.45, 2.75) is 95.8 Å². The quantitative estimate of drug-likeness (QED) is 0.0789. The maximum Gasteiger partial charge on any atom is 0.416 e. The first kappa shape index (κ1) is 43.4. The van der Waals surface area contributed by atoms with E-state index < -0.39 is 45.8 Å².